The van der Waals surface area contributed by atoms with Crippen molar-refractivity contribution in [3.8, 4) is 0 Å². The van der Waals surface area contributed by atoms with Gasteiger partial charge in [0.1, 0.15) is 0 Å². The Morgan fingerprint density at radius 2 is 1.90 bits per heavy atom. The number of fused-ring (bicyclic) bond motifs is 1. The highest BCUT2D eigenvalue weighted by Crippen LogP contribution is 2.54. The van der Waals surface area contributed by atoms with Crippen molar-refractivity contribution >= 4 is 9.84 Å². The fourth-order valence-corrected chi connectivity index (χ4v) is 5.90. The van der Waals surface area contributed by atoms with Gasteiger partial charge in [-0.25, -0.2) is 8.42 Å². The van der Waals surface area contributed by atoms with Crippen molar-refractivity contribution in [1.82, 2.24) is 4.90 Å². The number of alkyl halides is 3. The Morgan fingerprint density at radius 3 is 2.48 bits per heavy atom. The van der Waals surface area contributed by atoms with E-state index in [0.717, 1.165) is 5.56 Å². The van der Waals surface area contributed by atoms with Gasteiger partial charge in [0.2, 0.25) is 0 Å². The van der Waals surface area contributed by atoms with Crippen molar-refractivity contribution < 1.29 is 21.6 Å². The number of likely N-dealkylation sites (tertiary alicyclic amines) is 1. The zero-order chi connectivity index (χ0) is 15.3. The summed E-state index contributed by atoms with van der Waals surface area (Å²) in [6, 6.07) is 9.15. The van der Waals surface area contributed by atoms with E-state index in [2.05, 4.69) is 0 Å². The van der Waals surface area contributed by atoms with Crippen LogP contribution < -0.4 is 0 Å². The van der Waals surface area contributed by atoms with E-state index in [0.29, 0.717) is 6.54 Å². The summed E-state index contributed by atoms with van der Waals surface area (Å²) in [4.78, 5) is 1.62. The quantitative estimate of drug-likeness (QED) is 0.839. The van der Waals surface area contributed by atoms with Gasteiger partial charge in [-0.05, 0) is 12.0 Å². The lowest BCUT2D eigenvalue weighted by Gasteiger charge is -2.30. The molecule has 0 saturated carbocycles. The van der Waals surface area contributed by atoms with E-state index in [9.17, 15) is 21.6 Å². The maximum Gasteiger partial charge on any atom is 0.397 e. The van der Waals surface area contributed by atoms with Crippen LogP contribution in [0.4, 0.5) is 13.2 Å². The number of sulfone groups is 1. The lowest BCUT2D eigenvalue weighted by atomic mass is 9.83. The third-order valence-corrected chi connectivity index (χ3v) is 6.87. The molecule has 1 aromatic rings. The minimum Gasteiger partial charge on any atom is -0.297 e. The van der Waals surface area contributed by atoms with Crippen LogP contribution in [0.3, 0.4) is 0 Å². The number of hydrogen-bond donors (Lipinski definition) is 0. The highest BCUT2D eigenvalue weighted by atomic mass is 32.2. The van der Waals surface area contributed by atoms with E-state index in [4.69, 9.17) is 0 Å². The summed E-state index contributed by atoms with van der Waals surface area (Å²) in [6.45, 7) is 0.0940. The Labute approximate surface area is 121 Å². The molecule has 0 N–H and O–H groups in total. The van der Waals surface area contributed by atoms with Gasteiger partial charge in [-0.15, -0.1) is 0 Å². The van der Waals surface area contributed by atoms with Crippen molar-refractivity contribution in [1.29, 1.82) is 0 Å². The highest BCUT2D eigenvalue weighted by Gasteiger charge is 2.69. The third-order valence-electron chi connectivity index (χ3n) is 4.63. The molecule has 2 fully saturated rings. The van der Waals surface area contributed by atoms with Gasteiger partial charge in [-0.2, -0.15) is 13.2 Å². The molecule has 1 aromatic carbocycles. The molecular weight excluding hydrogens is 303 g/mol. The lowest BCUT2D eigenvalue weighted by molar-refractivity contribution is -0.216. The average Bonchev–Trinajstić information content (AvgIpc) is 2.88. The monoisotopic (exact) mass is 319 g/mol. The molecule has 0 bridgehead atoms. The van der Waals surface area contributed by atoms with Gasteiger partial charge in [0, 0.05) is 19.6 Å². The van der Waals surface area contributed by atoms with E-state index in [1.54, 1.807) is 4.90 Å². The van der Waals surface area contributed by atoms with Crippen LogP contribution in [-0.2, 0) is 16.4 Å². The van der Waals surface area contributed by atoms with Gasteiger partial charge in [-0.3, -0.25) is 4.90 Å². The fourth-order valence-electron chi connectivity index (χ4n) is 3.51. The molecule has 3 rings (SSSR count). The van der Waals surface area contributed by atoms with Gasteiger partial charge in [0.15, 0.2) is 9.84 Å². The van der Waals surface area contributed by atoms with E-state index < -0.39 is 26.7 Å². The van der Waals surface area contributed by atoms with Crippen molar-refractivity contribution in [3.63, 3.8) is 0 Å². The molecule has 2 atom stereocenters. The summed E-state index contributed by atoms with van der Waals surface area (Å²) in [6.07, 6.45) is -4.79. The minimum atomic E-state index is -4.48. The molecular formula is C14H16F3NO2S. The number of rotatable bonds is 2. The van der Waals surface area contributed by atoms with Gasteiger partial charge in [0.25, 0.3) is 0 Å². The van der Waals surface area contributed by atoms with Crippen LogP contribution in [0, 0.1) is 5.41 Å². The molecule has 0 amide bonds. The number of benzene rings is 1. The average molecular weight is 319 g/mol. The van der Waals surface area contributed by atoms with Crippen LogP contribution in [0.15, 0.2) is 30.3 Å². The van der Waals surface area contributed by atoms with Crippen LogP contribution in [-0.4, -0.2) is 43.6 Å². The number of nitrogens with zero attached hydrogens (tertiary/aromatic N) is 1. The first-order valence-electron chi connectivity index (χ1n) is 6.79. The Kier molecular flexibility index (Phi) is 3.33. The summed E-state index contributed by atoms with van der Waals surface area (Å²) < 4.78 is 64.3. The van der Waals surface area contributed by atoms with Gasteiger partial charge in [0.05, 0.1) is 16.4 Å². The Balaban J connectivity index is 1.88. The van der Waals surface area contributed by atoms with Crippen LogP contribution in [0.2, 0.25) is 0 Å². The first-order valence-corrected chi connectivity index (χ1v) is 8.51. The normalized spacial score (nSPS) is 32.2. The second-order valence-electron chi connectivity index (χ2n) is 5.91. The maximum atomic E-state index is 13.5. The number of halogens is 3. The summed E-state index contributed by atoms with van der Waals surface area (Å²) in [5, 5.41) is -1.31. The Hall–Kier alpha value is -1.08. The van der Waals surface area contributed by atoms with Crippen LogP contribution in [0.5, 0.6) is 0 Å². The van der Waals surface area contributed by atoms with E-state index in [1.807, 2.05) is 30.3 Å². The minimum absolute atomic E-state index is 0.0310. The Morgan fingerprint density at radius 1 is 1.24 bits per heavy atom. The van der Waals surface area contributed by atoms with Crippen molar-refractivity contribution in [2.45, 2.75) is 24.4 Å². The topological polar surface area (TPSA) is 37.4 Å². The van der Waals surface area contributed by atoms with Crippen LogP contribution in [0.1, 0.15) is 12.0 Å². The third kappa shape index (κ3) is 2.36. The molecule has 0 unspecified atom stereocenters. The maximum absolute atomic E-state index is 13.5. The molecule has 0 radical (unpaired) electrons. The van der Waals surface area contributed by atoms with E-state index in [1.165, 1.54) is 0 Å². The zero-order valence-corrected chi connectivity index (χ0v) is 12.1. The largest absolute Gasteiger partial charge is 0.397 e. The second kappa shape index (κ2) is 4.71. The van der Waals surface area contributed by atoms with Gasteiger partial charge in [-0.1, -0.05) is 30.3 Å². The fraction of sp³-hybridized carbons (Fsp3) is 0.571. The summed E-state index contributed by atoms with van der Waals surface area (Å²) in [5.41, 5.74) is -1.19. The lowest BCUT2D eigenvalue weighted by Crippen LogP contribution is -2.45. The molecule has 21 heavy (non-hydrogen) atoms. The predicted molar refractivity (Wildman–Crippen MR) is 72.4 cm³/mol. The molecule has 2 aliphatic rings. The zero-order valence-electron chi connectivity index (χ0n) is 11.3. The van der Waals surface area contributed by atoms with Crippen molar-refractivity contribution in [3.05, 3.63) is 35.9 Å². The molecule has 0 aliphatic carbocycles. The first kappa shape index (κ1) is 14.8. The second-order valence-corrected chi connectivity index (χ2v) is 8.22. The molecule has 2 heterocycles. The molecule has 116 valence electrons. The van der Waals surface area contributed by atoms with Gasteiger partial charge >= 0.3 is 6.18 Å². The highest BCUT2D eigenvalue weighted by molar-refractivity contribution is 7.92. The first-order chi connectivity index (χ1) is 9.75. The van der Waals surface area contributed by atoms with Crippen molar-refractivity contribution in [2.24, 2.45) is 5.41 Å². The van der Waals surface area contributed by atoms with E-state index >= 15 is 0 Å². The summed E-state index contributed by atoms with van der Waals surface area (Å²) in [5.74, 6) is -0.351. The molecule has 2 aliphatic heterocycles. The van der Waals surface area contributed by atoms with Crippen LogP contribution in [0.25, 0.3) is 0 Å². The van der Waals surface area contributed by atoms with E-state index in [-0.39, 0.29) is 25.3 Å². The molecule has 2 saturated heterocycles. The SMILES string of the molecule is O=S1(=O)CC[C@@]2(C(F)(F)F)CN(Cc3ccccc3)C[C@H]21. The summed E-state index contributed by atoms with van der Waals surface area (Å²) in [7, 11) is -3.65. The predicted octanol–water partition coefficient (Wildman–Crippen LogP) is 2.24. The standard InChI is InChI=1S/C14H16F3NO2S/c15-14(16,17)13-6-7-21(19,20)12(13)9-18(10-13)8-11-4-2-1-3-5-11/h1-5,12H,6-10H2/t12-,13-/m1/s1. The molecule has 3 nitrogen and oxygen atoms in total. The van der Waals surface area contributed by atoms with Crippen LogP contribution >= 0.6 is 0 Å². The molecule has 0 aromatic heterocycles. The van der Waals surface area contributed by atoms with Crippen molar-refractivity contribution in [2.75, 3.05) is 18.8 Å². The molecule has 7 heteroatoms. The van der Waals surface area contributed by atoms with Gasteiger partial charge < -0.3 is 0 Å². The Bertz CT molecular complexity index is 629. The smallest absolute Gasteiger partial charge is 0.297 e. The molecule has 0 spiro atoms. The number of hydrogen-bond acceptors (Lipinski definition) is 3. The summed E-state index contributed by atoms with van der Waals surface area (Å²) >= 11 is 0.